The highest BCUT2D eigenvalue weighted by molar-refractivity contribution is 5.93. The number of amides is 1. The van der Waals surface area contributed by atoms with Crippen LogP contribution < -0.4 is 10.1 Å². The highest BCUT2D eigenvalue weighted by Crippen LogP contribution is 2.23. The van der Waals surface area contributed by atoms with Gasteiger partial charge in [0.15, 0.2) is 0 Å². The Morgan fingerprint density at radius 1 is 1.47 bits per heavy atom. The van der Waals surface area contributed by atoms with Gasteiger partial charge in [-0.05, 0) is 18.9 Å². The van der Waals surface area contributed by atoms with Crippen molar-refractivity contribution in [3.63, 3.8) is 0 Å². The maximum Gasteiger partial charge on any atom is 0.297 e. The van der Waals surface area contributed by atoms with E-state index in [0.29, 0.717) is 11.3 Å². The van der Waals surface area contributed by atoms with Gasteiger partial charge >= 0.3 is 0 Å². The third kappa shape index (κ3) is 3.25. The highest BCUT2D eigenvalue weighted by Gasteiger charge is 2.16. The summed E-state index contributed by atoms with van der Waals surface area (Å²) in [6.07, 6.45) is 0. The van der Waals surface area contributed by atoms with Gasteiger partial charge in [-0.2, -0.15) is 5.26 Å². The van der Waals surface area contributed by atoms with Crippen molar-refractivity contribution in [2.24, 2.45) is 0 Å². The average Bonchev–Trinajstić information content (AvgIpc) is 2.36. The largest absolute Gasteiger partial charge is 0.496 e. The number of nitrogens with one attached hydrogen (secondary N) is 1. The molecule has 0 bridgehead atoms. The normalized spacial score (nSPS) is 10.4. The summed E-state index contributed by atoms with van der Waals surface area (Å²) in [5, 5.41) is 11.6. The second-order valence-corrected chi connectivity index (χ2v) is 3.15. The highest BCUT2D eigenvalue weighted by atomic mass is 16.5. The van der Waals surface area contributed by atoms with Gasteiger partial charge in [-0.15, -0.1) is 0 Å². The number of nitrogens with zero attached hydrogens (tertiary/aromatic N) is 1. The van der Waals surface area contributed by atoms with E-state index in [1.165, 1.54) is 7.11 Å². The van der Waals surface area contributed by atoms with Crippen LogP contribution in [0.25, 0.3) is 0 Å². The molecule has 4 heteroatoms. The maximum atomic E-state index is 11.3. The third-order valence-electron chi connectivity index (χ3n) is 2.09. The maximum absolute atomic E-state index is 11.3. The number of para-hydroxylation sites is 1. The van der Waals surface area contributed by atoms with Crippen molar-refractivity contribution in [1.82, 2.24) is 5.32 Å². The number of methoxy groups -OCH3 is 1. The van der Waals surface area contributed by atoms with Crippen LogP contribution in [0.15, 0.2) is 24.3 Å². The summed E-state index contributed by atoms with van der Waals surface area (Å²) < 4.78 is 5.13. The first-order valence-corrected chi connectivity index (χ1v) is 4.98. The smallest absolute Gasteiger partial charge is 0.297 e. The van der Waals surface area contributed by atoms with Crippen LogP contribution in [0.3, 0.4) is 0 Å². The molecular formula is C13H12N2O2. The topological polar surface area (TPSA) is 62.1 Å². The second kappa shape index (κ2) is 6.19. The number of carbonyl (C=O) groups is 1. The van der Waals surface area contributed by atoms with E-state index in [9.17, 15) is 4.79 Å². The van der Waals surface area contributed by atoms with Crippen LogP contribution in [0.4, 0.5) is 0 Å². The van der Waals surface area contributed by atoms with E-state index in [2.05, 4.69) is 17.2 Å². The molecule has 1 aromatic carbocycles. The molecule has 0 fully saturated rings. The van der Waals surface area contributed by atoms with Crippen LogP contribution in [0.2, 0.25) is 0 Å². The van der Waals surface area contributed by atoms with Crippen LogP contribution in [0, 0.1) is 23.2 Å². The monoisotopic (exact) mass is 228 g/mol. The van der Waals surface area contributed by atoms with Crippen molar-refractivity contribution < 1.29 is 9.53 Å². The summed E-state index contributed by atoms with van der Waals surface area (Å²) in [6, 6.07) is 8.27. The predicted molar refractivity (Wildman–Crippen MR) is 62.9 cm³/mol. The molecule has 0 aliphatic carbocycles. The molecular weight excluding hydrogens is 216 g/mol. The lowest BCUT2D eigenvalue weighted by Crippen LogP contribution is -2.26. The zero-order chi connectivity index (χ0) is 12.7. The molecule has 0 saturated heterocycles. The summed E-state index contributed by atoms with van der Waals surface area (Å²) in [4.78, 5) is 11.3. The molecule has 0 heterocycles. The summed E-state index contributed by atoms with van der Waals surface area (Å²) in [5.41, 5.74) is 0.615. The Labute approximate surface area is 100 Å². The van der Waals surface area contributed by atoms with E-state index in [1.807, 2.05) is 6.07 Å². The summed E-state index contributed by atoms with van der Waals surface area (Å²) >= 11 is 0. The van der Waals surface area contributed by atoms with Crippen molar-refractivity contribution >= 4 is 5.91 Å². The zero-order valence-electron chi connectivity index (χ0n) is 9.65. The van der Waals surface area contributed by atoms with Crippen LogP contribution in [0.1, 0.15) is 18.5 Å². The molecule has 0 saturated carbocycles. The SMILES string of the molecule is CC#CC(=O)NC(C#N)c1ccccc1OC. The minimum atomic E-state index is -0.764. The number of ether oxygens (including phenoxy) is 1. The lowest BCUT2D eigenvalue weighted by atomic mass is 10.1. The van der Waals surface area contributed by atoms with Crippen LogP contribution in [-0.2, 0) is 4.79 Å². The Morgan fingerprint density at radius 3 is 2.76 bits per heavy atom. The van der Waals surface area contributed by atoms with Gasteiger partial charge in [-0.1, -0.05) is 24.1 Å². The molecule has 1 unspecified atom stereocenters. The quantitative estimate of drug-likeness (QED) is 0.795. The minimum Gasteiger partial charge on any atom is -0.496 e. The number of rotatable bonds is 3. The first kappa shape index (κ1) is 12.6. The number of hydrogen-bond donors (Lipinski definition) is 1. The third-order valence-corrected chi connectivity index (χ3v) is 2.09. The van der Waals surface area contributed by atoms with Gasteiger partial charge in [0.2, 0.25) is 0 Å². The lowest BCUT2D eigenvalue weighted by molar-refractivity contribution is -0.116. The molecule has 0 aliphatic rings. The predicted octanol–water partition coefficient (Wildman–Crippen LogP) is 1.40. The van der Waals surface area contributed by atoms with E-state index in [0.717, 1.165) is 0 Å². The van der Waals surface area contributed by atoms with E-state index < -0.39 is 11.9 Å². The number of carbonyl (C=O) groups excluding carboxylic acids is 1. The van der Waals surface area contributed by atoms with Gasteiger partial charge in [-0.3, -0.25) is 4.79 Å². The molecule has 4 nitrogen and oxygen atoms in total. The van der Waals surface area contributed by atoms with Gasteiger partial charge in [0.1, 0.15) is 11.8 Å². The molecule has 86 valence electrons. The van der Waals surface area contributed by atoms with Crippen molar-refractivity contribution in [2.45, 2.75) is 13.0 Å². The lowest BCUT2D eigenvalue weighted by Gasteiger charge is -2.13. The first-order valence-electron chi connectivity index (χ1n) is 4.98. The molecule has 0 radical (unpaired) electrons. The molecule has 17 heavy (non-hydrogen) atoms. The van der Waals surface area contributed by atoms with E-state index in [4.69, 9.17) is 10.00 Å². The fourth-order valence-electron chi connectivity index (χ4n) is 1.37. The molecule has 1 aromatic rings. The van der Waals surface area contributed by atoms with E-state index in [1.54, 1.807) is 31.2 Å². The zero-order valence-corrected chi connectivity index (χ0v) is 9.65. The summed E-state index contributed by atoms with van der Waals surface area (Å²) in [5.74, 6) is 4.88. The minimum absolute atomic E-state index is 0.482. The number of hydrogen-bond acceptors (Lipinski definition) is 3. The Bertz CT molecular complexity index is 506. The van der Waals surface area contributed by atoms with Crippen LogP contribution in [0.5, 0.6) is 5.75 Å². The Kier molecular flexibility index (Phi) is 4.59. The van der Waals surface area contributed by atoms with Gasteiger partial charge in [0, 0.05) is 5.56 Å². The standard InChI is InChI=1S/C13H12N2O2/c1-3-6-13(16)15-11(9-14)10-7-4-5-8-12(10)17-2/h4-5,7-8,11H,1-2H3,(H,15,16). The fourth-order valence-corrected chi connectivity index (χ4v) is 1.37. The van der Waals surface area contributed by atoms with Crippen molar-refractivity contribution in [3.8, 4) is 23.7 Å². The fraction of sp³-hybridized carbons (Fsp3) is 0.231. The number of benzene rings is 1. The van der Waals surface area contributed by atoms with Gasteiger partial charge in [-0.25, -0.2) is 0 Å². The molecule has 1 N–H and O–H groups in total. The number of nitriles is 1. The molecule has 0 aliphatic heterocycles. The molecule has 1 rings (SSSR count). The van der Waals surface area contributed by atoms with Crippen molar-refractivity contribution in [3.05, 3.63) is 29.8 Å². The molecule has 1 atom stereocenters. The van der Waals surface area contributed by atoms with Gasteiger partial charge in [0.05, 0.1) is 13.2 Å². The van der Waals surface area contributed by atoms with Crippen molar-refractivity contribution in [2.75, 3.05) is 7.11 Å². The van der Waals surface area contributed by atoms with Crippen molar-refractivity contribution in [1.29, 1.82) is 5.26 Å². The summed E-state index contributed by atoms with van der Waals surface area (Å²) in [7, 11) is 1.51. The Morgan fingerprint density at radius 2 is 2.18 bits per heavy atom. The Hall–Kier alpha value is -2.46. The molecule has 1 amide bonds. The second-order valence-electron chi connectivity index (χ2n) is 3.15. The van der Waals surface area contributed by atoms with Gasteiger partial charge in [0.25, 0.3) is 5.91 Å². The van der Waals surface area contributed by atoms with Crippen LogP contribution >= 0.6 is 0 Å². The van der Waals surface area contributed by atoms with Crippen LogP contribution in [-0.4, -0.2) is 13.0 Å². The molecule has 0 spiro atoms. The van der Waals surface area contributed by atoms with E-state index in [-0.39, 0.29) is 0 Å². The van der Waals surface area contributed by atoms with Gasteiger partial charge < -0.3 is 10.1 Å². The summed E-state index contributed by atoms with van der Waals surface area (Å²) in [6.45, 7) is 1.56. The first-order chi connectivity index (χ1) is 8.22. The average molecular weight is 228 g/mol. The molecule has 0 aromatic heterocycles. The Balaban J connectivity index is 2.97. The van der Waals surface area contributed by atoms with E-state index >= 15 is 0 Å².